The third-order valence-corrected chi connectivity index (χ3v) is 5.31. The van der Waals surface area contributed by atoms with Crippen LogP contribution in [-0.2, 0) is 19.2 Å². The Bertz CT molecular complexity index is 945. The van der Waals surface area contributed by atoms with Crippen LogP contribution >= 0.6 is 0 Å². The van der Waals surface area contributed by atoms with Gasteiger partial charge in [0.1, 0.15) is 12.6 Å². The van der Waals surface area contributed by atoms with E-state index in [1.165, 1.54) is 0 Å². The summed E-state index contributed by atoms with van der Waals surface area (Å²) in [5.74, 6) is -12.5. The molecule has 12 heteroatoms. The number of carboxylic acid groups (broad SMARTS) is 1. The van der Waals surface area contributed by atoms with Gasteiger partial charge >= 0.3 is 5.97 Å². The Kier molecular flexibility index (Phi) is 8.62. The SMILES string of the molecule is CC(C)(C)C(=O)N1CCC(C(=O)N[C@@H](CC(=O)O)C(=O)COc2c(F)c(F)cc(F)c2F)CC1. The van der Waals surface area contributed by atoms with E-state index in [1.807, 2.05) is 0 Å². The van der Waals surface area contributed by atoms with Crippen molar-refractivity contribution >= 4 is 23.6 Å². The summed E-state index contributed by atoms with van der Waals surface area (Å²) in [5, 5.41) is 11.4. The number of Topliss-reactive ketones (excluding diaryl/α,β-unsaturated/α-hetero) is 1. The average molecular weight is 490 g/mol. The van der Waals surface area contributed by atoms with E-state index in [4.69, 9.17) is 5.11 Å². The van der Waals surface area contributed by atoms with Crippen molar-refractivity contribution in [2.24, 2.45) is 11.3 Å². The first kappa shape index (κ1) is 27.1. The predicted molar refractivity (Wildman–Crippen MR) is 110 cm³/mol. The Morgan fingerprint density at radius 2 is 1.62 bits per heavy atom. The average Bonchev–Trinajstić information content (AvgIpc) is 2.75. The van der Waals surface area contributed by atoms with Crippen molar-refractivity contribution in [3.05, 3.63) is 29.3 Å². The molecule has 1 aromatic rings. The molecule has 0 bridgehead atoms. The number of amides is 2. The fourth-order valence-corrected chi connectivity index (χ4v) is 3.45. The molecule has 34 heavy (non-hydrogen) atoms. The quantitative estimate of drug-likeness (QED) is 0.428. The van der Waals surface area contributed by atoms with E-state index in [9.17, 15) is 36.7 Å². The minimum absolute atomic E-state index is 0.0346. The van der Waals surface area contributed by atoms with Gasteiger partial charge in [0, 0.05) is 30.5 Å². The lowest BCUT2D eigenvalue weighted by Gasteiger charge is -2.35. The van der Waals surface area contributed by atoms with E-state index >= 15 is 0 Å². The number of ether oxygens (including phenoxy) is 1. The van der Waals surface area contributed by atoms with Gasteiger partial charge in [0.15, 0.2) is 23.2 Å². The highest BCUT2D eigenvalue weighted by molar-refractivity contribution is 5.93. The molecule has 2 amide bonds. The molecule has 0 radical (unpaired) electrons. The van der Waals surface area contributed by atoms with E-state index in [2.05, 4.69) is 10.1 Å². The van der Waals surface area contributed by atoms with Crippen molar-refractivity contribution in [1.82, 2.24) is 10.2 Å². The first-order valence-electron chi connectivity index (χ1n) is 10.5. The molecule has 1 saturated heterocycles. The molecule has 0 unspecified atom stereocenters. The second-order valence-corrected chi connectivity index (χ2v) is 9.03. The summed E-state index contributed by atoms with van der Waals surface area (Å²) in [5.41, 5.74) is -0.586. The number of carbonyl (C=O) groups is 4. The summed E-state index contributed by atoms with van der Waals surface area (Å²) >= 11 is 0. The van der Waals surface area contributed by atoms with Gasteiger partial charge in [-0.2, -0.15) is 8.78 Å². The number of benzene rings is 1. The van der Waals surface area contributed by atoms with E-state index in [1.54, 1.807) is 25.7 Å². The zero-order valence-corrected chi connectivity index (χ0v) is 18.9. The maximum Gasteiger partial charge on any atom is 0.305 e. The maximum absolute atomic E-state index is 13.7. The Morgan fingerprint density at radius 3 is 2.09 bits per heavy atom. The number of halogens is 4. The second-order valence-electron chi connectivity index (χ2n) is 9.03. The van der Waals surface area contributed by atoms with E-state index in [-0.39, 0.29) is 24.8 Å². The van der Waals surface area contributed by atoms with E-state index < -0.39 is 77.1 Å². The fourth-order valence-electron chi connectivity index (χ4n) is 3.45. The van der Waals surface area contributed by atoms with Crippen molar-refractivity contribution in [1.29, 1.82) is 0 Å². The Labute approximate surface area is 193 Å². The molecule has 1 fully saturated rings. The smallest absolute Gasteiger partial charge is 0.305 e. The Hall–Kier alpha value is -3.18. The van der Waals surface area contributed by atoms with Crippen LogP contribution in [0.3, 0.4) is 0 Å². The number of carboxylic acids is 1. The van der Waals surface area contributed by atoms with Crippen LogP contribution in [0.2, 0.25) is 0 Å². The molecule has 2 rings (SSSR count). The summed E-state index contributed by atoms with van der Waals surface area (Å²) in [6.45, 7) is 4.78. The second kappa shape index (κ2) is 10.8. The number of likely N-dealkylation sites (tertiary alicyclic amines) is 1. The fraction of sp³-hybridized carbons (Fsp3) is 0.545. The van der Waals surface area contributed by atoms with Crippen LogP contribution in [-0.4, -0.2) is 59.3 Å². The van der Waals surface area contributed by atoms with Crippen molar-refractivity contribution in [3.8, 4) is 5.75 Å². The van der Waals surface area contributed by atoms with E-state index in [0.29, 0.717) is 13.1 Å². The Morgan fingerprint density at radius 1 is 1.09 bits per heavy atom. The van der Waals surface area contributed by atoms with Crippen molar-refractivity contribution < 1.29 is 46.6 Å². The van der Waals surface area contributed by atoms with Crippen LogP contribution in [0.5, 0.6) is 5.75 Å². The van der Waals surface area contributed by atoms with Crippen LogP contribution in [0.4, 0.5) is 17.6 Å². The lowest BCUT2D eigenvalue weighted by Crippen LogP contribution is -2.50. The summed E-state index contributed by atoms with van der Waals surface area (Å²) in [6, 6.07) is -1.64. The molecule has 0 aromatic heterocycles. The molecule has 1 aliphatic rings. The van der Waals surface area contributed by atoms with Gasteiger partial charge in [-0.15, -0.1) is 0 Å². The van der Waals surface area contributed by atoms with Crippen LogP contribution < -0.4 is 10.1 Å². The monoisotopic (exact) mass is 490 g/mol. The molecule has 1 heterocycles. The van der Waals surface area contributed by atoms with Crippen LogP contribution in [0.1, 0.15) is 40.0 Å². The minimum Gasteiger partial charge on any atom is -0.481 e. The zero-order valence-electron chi connectivity index (χ0n) is 18.9. The highest BCUT2D eigenvalue weighted by atomic mass is 19.2. The van der Waals surface area contributed by atoms with Gasteiger partial charge in [0.05, 0.1) is 6.42 Å². The zero-order chi connectivity index (χ0) is 25.8. The molecule has 188 valence electrons. The number of piperidine rings is 1. The van der Waals surface area contributed by atoms with Gasteiger partial charge in [-0.1, -0.05) is 20.8 Å². The van der Waals surface area contributed by atoms with Gasteiger partial charge in [-0.25, -0.2) is 8.78 Å². The normalized spacial score (nSPS) is 15.6. The minimum atomic E-state index is -1.86. The number of aliphatic carboxylic acids is 1. The number of rotatable bonds is 8. The molecule has 8 nitrogen and oxygen atoms in total. The summed E-state index contributed by atoms with van der Waals surface area (Å²) < 4.78 is 58.6. The van der Waals surface area contributed by atoms with Crippen molar-refractivity contribution in [2.75, 3.05) is 19.7 Å². The standard InChI is InChI=1S/C22H26F4N2O6/c1-22(2,3)21(33)28-6-4-11(5-7-28)20(32)27-14(9-16(30)31)15(29)10-34-19-17(25)12(23)8-13(24)18(19)26/h8,11,14H,4-7,9-10H2,1-3H3,(H,27,32)(H,30,31)/t14-/m0/s1. The molecule has 1 aromatic carbocycles. The third kappa shape index (κ3) is 6.67. The predicted octanol–water partition coefficient (Wildman–Crippen LogP) is 2.44. The largest absolute Gasteiger partial charge is 0.481 e. The molecule has 0 aliphatic carbocycles. The summed E-state index contributed by atoms with van der Waals surface area (Å²) in [4.78, 5) is 50.2. The highest BCUT2D eigenvalue weighted by Crippen LogP contribution is 2.27. The molecule has 1 aliphatic heterocycles. The lowest BCUT2D eigenvalue weighted by atomic mass is 9.90. The van der Waals surface area contributed by atoms with Crippen molar-refractivity contribution in [3.63, 3.8) is 0 Å². The first-order valence-corrected chi connectivity index (χ1v) is 10.5. The van der Waals surface area contributed by atoms with Crippen LogP contribution in [0.15, 0.2) is 6.07 Å². The molecule has 1 atom stereocenters. The Balaban J connectivity index is 2.02. The van der Waals surface area contributed by atoms with E-state index in [0.717, 1.165) is 0 Å². The molecular formula is C22H26F4N2O6. The van der Waals surface area contributed by atoms with Gasteiger partial charge < -0.3 is 20.1 Å². The number of carbonyl (C=O) groups excluding carboxylic acids is 3. The number of ketones is 1. The topological polar surface area (TPSA) is 113 Å². The van der Waals surface area contributed by atoms with Crippen LogP contribution in [0, 0.1) is 34.6 Å². The molecule has 2 N–H and O–H groups in total. The molecular weight excluding hydrogens is 464 g/mol. The maximum atomic E-state index is 13.7. The third-order valence-electron chi connectivity index (χ3n) is 5.31. The number of nitrogens with zero attached hydrogens (tertiary/aromatic N) is 1. The highest BCUT2D eigenvalue weighted by Gasteiger charge is 2.34. The number of nitrogens with one attached hydrogen (secondary N) is 1. The van der Waals surface area contributed by atoms with Crippen molar-refractivity contribution in [2.45, 2.75) is 46.1 Å². The van der Waals surface area contributed by atoms with Gasteiger partial charge in [0.25, 0.3) is 0 Å². The number of hydrogen-bond donors (Lipinski definition) is 2. The van der Waals surface area contributed by atoms with Gasteiger partial charge in [0.2, 0.25) is 23.4 Å². The number of hydrogen-bond acceptors (Lipinski definition) is 5. The van der Waals surface area contributed by atoms with Gasteiger partial charge in [-0.05, 0) is 12.8 Å². The summed E-state index contributed by atoms with van der Waals surface area (Å²) in [6.07, 6.45) is -0.272. The lowest BCUT2D eigenvalue weighted by molar-refractivity contribution is -0.143. The molecule has 0 saturated carbocycles. The van der Waals surface area contributed by atoms with Gasteiger partial charge in [-0.3, -0.25) is 19.2 Å². The first-order chi connectivity index (χ1) is 15.7. The van der Waals surface area contributed by atoms with Crippen LogP contribution in [0.25, 0.3) is 0 Å². The molecule has 0 spiro atoms. The summed E-state index contributed by atoms with van der Waals surface area (Å²) in [7, 11) is 0.